The maximum absolute atomic E-state index is 13.1. The number of halogens is 1. The monoisotopic (exact) mass is 448 g/mol. The van der Waals surface area contributed by atoms with Gasteiger partial charge in [-0.05, 0) is 49.1 Å². The average Bonchev–Trinajstić information content (AvgIpc) is 2.71. The van der Waals surface area contributed by atoms with Gasteiger partial charge in [0.25, 0.3) is 5.56 Å². The topological polar surface area (TPSA) is 101 Å². The molecule has 166 valence electrons. The summed E-state index contributed by atoms with van der Waals surface area (Å²) in [6.07, 6.45) is 1.25. The molecule has 8 nitrogen and oxygen atoms in total. The number of anilines is 2. The van der Waals surface area contributed by atoms with Crippen LogP contribution in [0.3, 0.4) is 0 Å². The SMILES string of the molecule is CCCS(=O)(=O)Nc1ccc(=O)n2c1[C@@H]1C[C@@H](CN(C(=O)Nc3ccc(F)cc3)C1)C2. The molecule has 31 heavy (non-hydrogen) atoms. The van der Waals surface area contributed by atoms with Crippen molar-refractivity contribution in [2.24, 2.45) is 5.92 Å². The molecule has 4 rings (SSSR count). The zero-order valence-corrected chi connectivity index (χ0v) is 18.0. The van der Waals surface area contributed by atoms with E-state index in [1.807, 2.05) is 0 Å². The molecule has 2 aliphatic heterocycles. The number of sulfonamides is 1. The molecule has 0 spiro atoms. The smallest absolute Gasteiger partial charge is 0.321 e. The average molecular weight is 449 g/mol. The van der Waals surface area contributed by atoms with Crippen LogP contribution in [0.15, 0.2) is 41.2 Å². The molecule has 2 aromatic rings. The van der Waals surface area contributed by atoms with Crippen molar-refractivity contribution in [2.75, 3.05) is 28.9 Å². The second kappa shape index (κ2) is 8.33. The summed E-state index contributed by atoms with van der Waals surface area (Å²) in [6.45, 7) is 3.05. The summed E-state index contributed by atoms with van der Waals surface area (Å²) in [5, 5.41) is 2.77. The molecule has 2 amide bonds. The standard InChI is InChI=1S/C21H25FN4O4S/c1-2-9-31(29,30)24-18-7-8-19(27)26-12-14-10-15(20(18)26)13-25(11-14)21(28)23-17-5-3-16(22)4-6-17/h3-8,14-15,24H,2,9-13H2,1H3,(H,23,28)/t14-,15+/m0/s1. The number of benzene rings is 1. The molecular weight excluding hydrogens is 423 g/mol. The van der Waals surface area contributed by atoms with E-state index in [9.17, 15) is 22.4 Å². The van der Waals surface area contributed by atoms with Gasteiger partial charge in [-0.15, -0.1) is 0 Å². The molecule has 2 atom stereocenters. The van der Waals surface area contributed by atoms with Crippen molar-refractivity contribution in [2.45, 2.75) is 32.2 Å². The van der Waals surface area contributed by atoms with E-state index >= 15 is 0 Å². The third kappa shape index (κ3) is 4.58. The van der Waals surface area contributed by atoms with Gasteiger partial charge in [0, 0.05) is 37.3 Å². The van der Waals surface area contributed by atoms with Crippen LogP contribution < -0.4 is 15.6 Å². The summed E-state index contributed by atoms with van der Waals surface area (Å²) in [5.74, 6) is -0.471. The van der Waals surface area contributed by atoms with Crippen LogP contribution in [-0.4, -0.2) is 42.8 Å². The number of aromatic nitrogens is 1. The fourth-order valence-corrected chi connectivity index (χ4v) is 5.64. The minimum absolute atomic E-state index is 0.00887. The van der Waals surface area contributed by atoms with Crippen LogP contribution in [-0.2, 0) is 16.6 Å². The highest BCUT2D eigenvalue weighted by Crippen LogP contribution is 2.39. The van der Waals surface area contributed by atoms with Crippen LogP contribution in [0.1, 0.15) is 31.4 Å². The van der Waals surface area contributed by atoms with Crippen molar-refractivity contribution in [3.05, 3.63) is 58.3 Å². The minimum Gasteiger partial charge on any atom is -0.324 e. The van der Waals surface area contributed by atoms with Crippen LogP contribution in [0.25, 0.3) is 0 Å². The van der Waals surface area contributed by atoms with Gasteiger partial charge < -0.3 is 14.8 Å². The number of piperidine rings is 1. The normalized spacial score (nSPS) is 20.1. The Kier molecular flexibility index (Phi) is 5.74. The van der Waals surface area contributed by atoms with E-state index in [1.54, 1.807) is 16.4 Å². The largest absolute Gasteiger partial charge is 0.324 e. The number of nitrogens with one attached hydrogen (secondary N) is 2. The lowest BCUT2D eigenvalue weighted by Gasteiger charge is -2.43. The number of amides is 2. The van der Waals surface area contributed by atoms with E-state index in [4.69, 9.17) is 0 Å². The Morgan fingerprint density at radius 2 is 1.87 bits per heavy atom. The highest BCUT2D eigenvalue weighted by molar-refractivity contribution is 7.92. The molecule has 0 radical (unpaired) electrons. The third-order valence-electron chi connectivity index (χ3n) is 5.71. The molecule has 2 N–H and O–H groups in total. The zero-order valence-electron chi connectivity index (χ0n) is 17.2. The predicted molar refractivity (Wildman–Crippen MR) is 116 cm³/mol. The zero-order chi connectivity index (χ0) is 22.2. The van der Waals surface area contributed by atoms with Crippen LogP contribution >= 0.6 is 0 Å². The molecule has 10 heteroatoms. The lowest BCUT2D eigenvalue weighted by molar-refractivity contribution is 0.140. The second-order valence-electron chi connectivity index (χ2n) is 8.14. The molecule has 3 heterocycles. The van der Waals surface area contributed by atoms with Gasteiger partial charge in [0.2, 0.25) is 10.0 Å². The number of urea groups is 1. The van der Waals surface area contributed by atoms with E-state index in [0.29, 0.717) is 43.1 Å². The Balaban J connectivity index is 1.59. The van der Waals surface area contributed by atoms with E-state index < -0.39 is 10.0 Å². The number of rotatable bonds is 5. The van der Waals surface area contributed by atoms with E-state index in [1.165, 1.54) is 36.4 Å². The number of likely N-dealkylation sites (tertiary alicyclic amines) is 1. The van der Waals surface area contributed by atoms with Crippen molar-refractivity contribution in [1.82, 2.24) is 9.47 Å². The Morgan fingerprint density at radius 1 is 1.13 bits per heavy atom. The van der Waals surface area contributed by atoms with Gasteiger partial charge in [0.15, 0.2) is 0 Å². The summed E-state index contributed by atoms with van der Waals surface area (Å²) in [4.78, 5) is 27.0. The Labute approximate surface area is 180 Å². The summed E-state index contributed by atoms with van der Waals surface area (Å²) in [6, 6.07) is 8.13. The van der Waals surface area contributed by atoms with Crippen molar-refractivity contribution in [3.8, 4) is 0 Å². The number of carbonyl (C=O) groups excluding carboxylic acids is 1. The van der Waals surface area contributed by atoms with Crippen LogP contribution in [0, 0.1) is 11.7 Å². The molecule has 0 saturated carbocycles. The second-order valence-corrected chi connectivity index (χ2v) is 9.98. The number of hydrogen-bond donors (Lipinski definition) is 2. The summed E-state index contributed by atoms with van der Waals surface area (Å²) in [5.41, 5.74) is 1.35. The summed E-state index contributed by atoms with van der Waals surface area (Å²) < 4.78 is 42.1. The maximum Gasteiger partial charge on any atom is 0.321 e. The quantitative estimate of drug-likeness (QED) is 0.735. The number of pyridine rings is 1. The molecule has 2 aliphatic rings. The lowest BCUT2D eigenvalue weighted by Crippen LogP contribution is -2.50. The van der Waals surface area contributed by atoms with Crippen molar-refractivity contribution >= 4 is 27.4 Å². The molecule has 1 saturated heterocycles. The van der Waals surface area contributed by atoms with Crippen molar-refractivity contribution in [3.63, 3.8) is 0 Å². The first-order valence-electron chi connectivity index (χ1n) is 10.3. The number of hydrogen-bond acceptors (Lipinski definition) is 4. The summed E-state index contributed by atoms with van der Waals surface area (Å²) in [7, 11) is -3.52. The van der Waals surface area contributed by atoms with Crippen LogP contribution in [0.2, 0.25) is 0 Å². The summed E-state index contributed by atoms with van der Waals surface area (Å²) >= 11 is 0. The van der Waals surface area contributed by atoms with Crippen molar-refractivity contribution < 1.29 is 17.6 Å². The molecule has 2 bridgehead atoms. The first-order valence-corrected chi connectivity index (χ1v) is 12.0. The highest BCUT2D eigenvalue weighted by Gasteiger charge is 2.38. The molecule has 1 fully saturated rings. The third-order valence-corrected chi connectivity index (χ3v) is 7.19. The fourth-order valence-electron chi connectivity index (χ4n) is 4.49. The maximum atomic E-state index is 13.1. The first kappa shape index (κ1) is 21.4. The number of fused-ring (bicyclic) bond motifs is 4. The van der Waals surface area contributed by atoms with Gasteiger partial charge in [-0.25, -0.2) is 17.6 Å². The predicted octanol–water partition coefficient (Wildman–Crippen LogP) is 2.79. The minimum atomic E-state index is -3.52. The highest BCUT2D eigenvalue weighted by atomic mass is 32.2. The van der Waals surface area contributed by atoms with Gasteiger partial charge in [0.05, 0.1) is 17.1 Å². The number of carbonyl (C=O) groups is 1. The Hall–Kier alpha value is -2.88. The van der Waals surface area contributed by atoms with Gasteiger partial charge >= 0.3 is 6.03 Å². The van der Waals surface area contributed by atoms with Crippen molar-refractivity contribution in [1.29, 1.82) is 0 Å². The van der Waals surface area contributed by atoms with Crippen LogP contribution in [0.5, 0.6) is 0 Å². The number of nitrogens with zero attached hydrogens (tertiary/aromatic N) is 2. The Morgan fingerprint density at radius 3 is 2.58 bits per heavy atom. The van der Waals surface area contributed by atoms with Gasteiger partial charge in [-0.2, -0.15) is 0 Å². The fraction of sp³-hybridized carbons (Fsp3) is 0.429. The van der Waals surface area contributed by atoms with Gasteiger partial charge in [-0.1, -0.05) is 6.92 Å². The van der Waals surface area contributed by atoms with Crippen LogP contribution in [0.4, 0.5) is 20.6 Å². The molecule has 1 aromatic carbocycles. The molecule has 1 aromatic heterocycles. The first-order chi connectivity index (χ1) is 14.8. The Bertz CT molecular complexity index is 1150. The van der Waals surface area contributed by atoms with E-state index in [0.717, 1.165) is 6.42 Å². The van der Waals surface area contributed by atoms with Gasteiger partial charge in [-0.3, -0.25) is 9.52 Å². The van der Waals surface area contributed by atoms with Gasteiger partial charge in [0.1, 0.15) is 5.82 Å². The molecule has 0 unspecified atom stereocenters. The van der Waals surface area contributed by atoms with E-state index in [2.05, 4.69) is 10.0 Å². The van der Waals surface area contributed by atoms with E-state index in [-0.39, 0.29) is 35.0 Å². The lowest BCUT2D eigenvalue weighted by atomic mass is 9.82. The molecule has 0 aliphatic carbocycles. The molecular formula is C21H25FN4O4S.